The summed E-state index contributed by atoms with van der Waals surface area (Å²) in [5.41, 5.74) is 3.80. The van der Waals surface area contributed by atoms with Gasteiger partial charge in [-0.1, -0.05) is 58.9 Å². The molecule has 0 aliphatic rings. The van der Waals surface area contributed by atoms with Gasteiger partial charge in [-0.15, -0.1) is 0 Å². The lowest BCUT2D eigenvalue weighted by molar-refractivity contribution is 0.0335. The maximum Gasteiger partial charge on any atom is 0.273 e. The minimum atomic E-state index is -0.447. The van der Waals surface area contributed by atoms with Gasteiger partial charge in [-0.3, -0.25) is 19.8 Å². The van der Waals surface area contributed by atoms with E-state index in [2.05, 4.69) is 5.43 Å². The van der Waals surface area contributed by atoms with Crippen molar-refractivity contribution in [2.75, 3.05) is 19.8 Å². The summed E-state index contributed by atoms with van der Waals surface area (Å²) >= 11 is 0. The topological polar surface area (TPSA) is 84.9 Å². The minimum Gasteiger partial charge on any atom is -0.490 e. The SMILES string of the molecule is CCOCCOc1ccccc1C(=O)NN(C(=O)c1ccc(C(=O)C(CC)CC)cc1)C(C)C(C)(C)C. The molecule has 2 aromatic carbocycles. The van der Waals surface area contributed by atoms with Crippen molar-refractivity contribution >= 4 is 17.6 Å². The van der Waals surface area contributed by atoms with Crippen LogP contribution in [-0.4, -0.2) is 48.5 Å². The van der Waals surface area contributed by atoms with E-state index in [1.807, 2.05) is 48.5 Å². The molecule has 37 heavy (non-hydrogen) atoms. The number of ketones is 1. The van der Waals surface area contributed by atoms with Gasteiger partial charge in [0.1, 0.15) is 12.4 Å². The van der Waals surface area contributed by atoms with Crippen LogP contribution in [0.15, 0.2) is 48.5 Å². The Morgan fingerprint density at radius 1 is 0.892 bits per heavy atom. The summed E-state index contributed by atoms with van der Waals surface area (Å²) in [6.07, 6.45) is 1.55. The fourth-order valence-electron chi connectivity index (χ4n) is 3.83. The highest BCUT2D eigenvalue weighted by Crippen LogP contribution is 2.26. The van der Waals surface area contributed by atoms with E-state index in [1.54, 1.807) is 48.5 Å². The molecular weight excluding hydrogens is 468 g/mol. The molecule has 202 valence electrons. The van der Waals surface area contributed by atoms with Crippen molar-refractivity contribution in [1.82, 2.24) is 10.4 Å². The van der Waals surface area contributed by atoms with Gasteiger partial charge in [0.25, 0.3) is 11.8 Å². The molecule has 0 bridgehead atoms. The molecule has 0 saturated carbocycles. The van der Waals surface area contributed by atoms with E-state index in [-0.39, 0.29) is 29.1 Å². The number of nitrogens with one attached hydrogen (secondary N) is 1. The Hall–Kier alpha value is -3.19. The molecule has 0 fully saturated rings. The second-order valence-electron chi connectivity index (χ2n) is 10.2. The summed E-state index contributed by atoms with van der Waals surface area (Å²) in [7, 11) is 0. The maximum atomic E-state index is 13.6. The minimum absolute atomic E-state index is 0.0333. The first-order valence-electron chi connectivity index (χ1n) is 13.1. The molecule has 0 saturated heterocycles. The van der Waals surface area contributed by atoms with Gasteiger partial charge < -0.3 is 9.47 Å². The molecule has 0 radical (unpaired) electrons. The van der Waals surface area contributed by atoms with Crippen molar-refractivity contribution < 1.29 is 23.9 Å². The molecule has 1 N–H and O–H groups in total. The number of amides is 2. The van der Waals surface area contributed by atoms with Crippen molar-refractivity contribution in [3.63, 3.8) is 0 Å². The summed E-state index contributed by atoms with van der Waals surface area (Å²) in [5.74, 6) is -0.337. The molecule has 0 aliphatic carbocycles. The number of hydrogen-bond donors (Lipinski definition) is 1. The lowest BCUT2D eigenvalue weighted by Gasteiger charge is -2.37. The number of Topliss-reactive ketones (excluding diaryl/α,β-unsaturated/α-hetero) is 1. The molecule has 2 rings (SSSR count). The van der Waals surface area contributed by atoms with Crippen molar-refractivity contribution in [3.05, 3.63) is 65.2 Å². The quantitative estimate of drug-likeness (QED) is 0.217. The Labute approximate surface area is 221 Å². The third-order valence-corrected chi connectivity index (χ3v) is 6.68. The molecule has 7 heteroatoms. The fraction of sp³-hybridized carbons (Fsp3) is 0.500. The van der Waals surface area contributed by atoms with Crippen LogP contribution in [0.25, 0.3) is 0 Å². The number of nitrogens with zero attached hydrogens (tertiary/aromatic N) is 1. The Morgan fingerprint density at radius 3 is 2.05 bits per heavy atom. The molecule has 1 unspecified atom stereocenters. The summed E-state index contributed by atoms with van der Waals surface area (Å²) in [5, 5.41) is 1.37. The van der Waals surface area contributed by atoms with Crippen LogP contribution in [0.3, 0.4) is 0 Å². The highest BCUT2D eigenvalue weighted by molar-refractivity contribution is 6.02. The van der Waals surface area contributed by atoms with Gasteiger partial charge in [-0.2, -0.15) is 0 Å². The zero-order valence-electron chi connectivity index (χ0n) is 23.3. The first-order chi connectivity index (χ1) is 17.5. The third-order valence-electron chi connectivity index (χ3n) is 6.68. The zero-order valence-corrected chi connectivity index (χ0v) is 23.3. The van der Waals surface area contributed by atoms with E-state index in [9.17, 15) is 14.4 Å². The standard InChI is InChI=1S/C30H42N2O5/c1-8-22(9-2)27(33)23-15-17-24(18-16-23)29(35)32(21(4)30(5,6)7)31-28(34)25-13-11-12-14-26(25)37-20-19-36-10-3/h11-18,21-22H,8-10,19-20H2,1-7H3,(H,31,34). The van der Waals surface area contributed by atoms with Crippen molar-refractivity contribution in [2.45, 2.75) is 67.3 Å². The average molecular weight is 511 g/mol. The molecule has 1 atom stereocenters. The van der Waals surface area contributed by atoms with Gasteiger partial charge >= 0.3 is 0 Å². The Bertz CT molecular complexity index is 1040. The lowest BCUT2D eigenvalue weighted by Crippen LogP contribution is -2.55. The number of hydrazine groups is 1. The predicted molar refractivity (Wildman–Crippen MR) is 146 cm³/mol. The van der Waals surface area contributed by atoms with Gasteiger partial charge in [0.05, 0.1) is 18.2 Å². The lowest BCUT2D eigenvalue weighted by atomic mass is 9.87. The van der Waals surface area contributed by atoms with Crippen LogP contribution in [0.1, 0.15) is 92.4 Å². The monoisotopic (exact) mass is 510 g/mol. The van der Waals surface area contributed by atoms with E-state index in [0.717, 1.165) is 12.8 Å². The van der Waals surface area contributed by atoms with Crippen molar-refractivity contribution in [2.24, 2.45) is 11.3 Å². The number of benzene rings is 2. The Balaban J connectivity index is 2.30. The van der Waals surface area contributed by atoms with Gasteiger partial charge in [-0.05, 0) is 56.4 Å². The molecule has 2 aromatic rings. The number of ether oxygens (including phenoxy) is 2. The van der Waals surface area contributed by atoms with E-state index in [4.69, 9.17) is 9.47 Å². The normalized spacial score (nSPS) is 12.2. The second-order valence-corrected chi connectivity index (χ2v) is 10.2. The van der Waals surface area contributed by atoms with Gasteiger partial charge in [0.15, 0.2) is 5.78 Å². The van der Waals surface area contributed by atoms with Crippen molar-refractivity contribution in [1.29, 1.82) is 0 Å². The van der Waals surface area contributed by atoms with E-state index in [1.165, 1.54) is 5.01 Å². The number of carbonyl (C=O) groups excluding carboxylic acids is 3. The third kappa shape index (κ3) is 8.15. The van der Waals surface area contributed by atoms with E-state index in [0.29, 0.717) is 42.3 Å². The van der Waals surface area contributed by atoms with E-state index >= 15 is 0 Å². The summed E-state index contributed by atoms with van der Waals surface area (Å²) in [4.78, 5) is 39.7. The first-order valence-corrected chi connectivity index (χ1v) is 13.1. The van der Waals surface area contributed by atoms with Gasteiger partial charge in [-0.25, -0.2) is 5.01 Å². The molecule has 7 nitrogen and oxygen atoms in total. The molecular formula is C30H42N2O5. The van der Waals surface area contributed by atoms with E-state index < -0.39 is 5.91 Å². The summed E-state index contributed by atoms with van der Waals surface area (Å²) in [6.45, 7) is 15.1. The van der Waals surface area contributed by atoms with Gasteiger partial charge in [0.2, 0.25) is 0 Å². The van der Waals surface area contributed by atoms with Crippen molar-refractivity contribution in [3.8, 4) is 5.75 Å². The Morgan fingerprint density at radius 2 is 1.49 bits per heavy atom. The molecule has 0 spiro atoms. The number of rotatable bonds is 12. The zero-order chi connectivity index (χ0) is 27.6. The van der Waals surface area contributed by atoms with Crippen LogP contribution in [-0.2, 0) is 4.74 Å². The number of hydrogen-bond acceptors (Lipinski definition) is 5. The summed E-state index contributed by atoms with van der Waals surface area (Å²) in [6, 6.07) is 13.3. The van der Waals surface area contributed by atoms with Crippen LogP contribution in [0.2, 0.25) is 0 Å². The highest BCUT2D eigenvalue weighted by atomic mass is 16.5. The smallest absolute Gasteiger partial charge is 0.273 e. The maximum absolute atomic E-state index is 13.6. The van der Waals surface area contributed by atoms with Crippen LogP contribution in [0.5, 0.6) is 5.75 Å². The second kappa shape index (κ2) is 13.9. The molecule has 2 amide bonds. The van der Waals surface area contributed by atoms with Gasteiger partial charge in [0, 0.05) is 23.7 Å². The predicted octanol–water partition coefficient (Wildman–Crippen LogP) is 5.94. The fourth-order valence-corrected chi connectivity index (χ4v) is 3.83. The number of carbonyl (C=O) groups is 3. The highest BCUT2D eigenvalue weighted by Gasteiger charge is 2.32. The number of para-hydroxylation sites is 1. The average Bonchev–Trinajstić information content (AvgIpc) is 2.89. The van der Waals surface area contributed by atoms with Crippen LogP contribution >= 0.6 is 0 Å². The van der Waals surface area contributed by atoms with Crippen LogP contribution in [0.4, 0.5) is 0 Å². The van der Waals surface area contributed by atoms with Crippen LogP contribution < -0.4 is 10.2 Å². The molecule has 0 aromatic heterocycles. The van der Waals surface area contributed by atoms with Crippen LogP contribution in [0, 0.1) is 11.3 Å². The molecule has 0 aliphatic heterocycles. The Kier molecular flexibility index (Phi) is 11.3. The summed E-state index contributed by atoms with van der Waals surface area (Å²) < 4.78 is 11.1. The first kappa shape index (κ1) is 30.0. The largest absolute Gasteiger partial charge is 0.490 e. The molecule has 0 heterocycles.